The van der Waals surface area contributed by atoms with E-state index in [2.05, 4.69) is 5.32 Å². The van der Waals surface area contributed by atoms with E-state index >= 15 is 0 Å². The van der Waals surface area contributed by atoms with Crippen LogP contribution < -0.4 is 5.32 Å². The van der Waals surface area contributed by atoms with E-state index in [0.29, 0.717) is 19.4 Å². The zero-order valence-corrected chi connectivity index (χ0v) is 10.9. The number of aliphatic hydroxyl groups excluding tert-OH is 1. The summed E-state index contributed by atoms with van der Waals surface area (Å²) in [7, 11) is 0. The quantitative estimate of drug-likeness (QED) is 0.850. The molecule has 0 aliphatic rings. The van der Waals surface area contributed by atoms with E-state index in [1.807, 2.05) is 6.07 Å². The number of nitrogens with one attached hydrogen (secondary N) is 1. The van der Waals surface area contributed by atoms with Crippen LogP contribution in [0.2, 0.25) is 0 Å². The van der Waals surface area contributed by atoms with Gasteiger partial charge in [0.25, 0.3) is 0 Å². The maximum atomic E-state index is 13.2. The predicted octanol–water partition coefficient (Wildman–Crippen LogP) is 2.16. The van der Waals surface area contributed by atoms with Crippen molar-refractivity contribution < 1.29 is 18.7 Å². The van der Waals surface area contributed by atoms with Gasteiger partial charge < -0.3 is 14.8 Å². The van der Waals surface area contributed by atoms with Gasteiger partial charge in [-0.25, -0.2) is 4.39 Å². The Morgan fingerprint density at radius 2 is 2.20 bits per heavy atom. The van der Waals surface area contributed by atoms with Crippen LogP contribution in [0, 0.1) is 5.82 Å². The van der Waals surface area contributed by atoms with E-state index in [4.69, 9.17) is 9.52 Å². The number of hydrogen-bond acceptors (Lipinski definition) is 3. The molecule has 4 nitrogen and oxygen atoms in total. The molecule has 1 aromatic carbocycles. The van der Waals surface area contributed by atoms with E-state index in [1.165, 1.54) is 6.07 Å². The highest BCUT2D eigenvalue weighted by atomic mass is 19.1. The number of carbonyl (C=O) groups is 1. The summed E-state index contributed by atoms with van der Waals surface area (Å²) in [5, 5.41) is 11.7. The maximum absolute atomic E-state index is 13.2. The SMILES string of the molecule is O=C(CCc1ccco1)NCc1ccc(F)c(CO)c1. The number of furan rings is 1. The molecule has 2 rings (SSSR count). The van der Waals surface area contributed by atoms with Gasteiger partial charge in [-0.2, -0.15) is 0 Å². The first-order valence-corrected chi connectivity index (χ1v) is 6.36. The maximum Gasteiger partial charge on any atom is 0.220 e. The molecule has 0 saturated heterocycles. The van der Waals surface area contributed by atoms with Gasteiger partial charge in [0.05, 0.1) is 12.9 Å². The Morgan fingerprint density at radius 3 is 2.90 bits per heavy atom. The Bertz CT molecular complexity index is 567. The summed E-state index contributed by atoms with van der Waals surface area (Å²) >= 11 is 0. The standard InChI is InChI=1S/C15H16FNO3/c16-14-5-3-11(8-12(14)10-18)9-17-15(19)6-4-13-2-1-7-20-13/h1-3,5,7-8,18H,4,6,9-10H2,(H,17,19). The Balaban J connectivity index is 1.81. The topological polar surface area (TPSA) is 62.5 Å². The monoisotopic (exact) mass is 277 g/mol. The summed E-state index contributed by atoms with van der Waals surface area (Å²) in [5.74, 6) is 0.223. The molecule has 0 saturated carbocycles. The summed E-state index contributed by atoms with van der Waals surface area (Å²) in [6, 6.07) is 8.02. The minimum absolute atomic E-state index is 0.101. The zero-order valence-electron chi connectivity index (χ0n) is 10.9. The average Bonchev–Trinajstić information content (AvgIpc) is 2.97. The molecule has 1 aromatic heterocycles. The molecule has 106 valence electrons. The Kier molecular flexibility index (Phi) is 4.90. The molecule has 2 N–H and O–H groups in total. The van der Waals surface area contributed by atoms with Crippen molar-refractivity contribution in [1.29, 1.82) is 0 Å². The fourth-order valence-electron chi connectivity index (χ4n) is 1.84. The van der Waals surface area contributed by atoms with Crippen molar-refractivity contribution in [3.63, 3.8) is 0 Å². The van der Waals surface area contributed by atoms with Crippen molar-refractivity contribution in [2.75, 3.05) is 0 Å². The number of halogens is 1. The van der Waals surface area contributed by atoms with Crippen LogP contribution in [0.3, 0.4) is 0 Å². The molecular weight excluding hydrogens is 261 g/mol. The molecule has 1 heterocycles. The van der Waals surface area contributed by atoms with E-state index in [1.54, 1.807) is 24.5 Å². The van der Waals surface area contributed by atoms with E-state index in [-0.39, 0.29) is 18.1 Å². The third-order valence-electron chi connectivity index (χ3n) is 2.95. The fraction of sp³-hybridized carbons (Fsp3) is 0.267. The number of aryl methyl sites for hydroxylation is 1. The normalized spacial score (nSPS) is 10.5. The number of benzene rings is 1. The second kappa shape index (κ2) is 6.86. The molecule has 1 amide bonds. The third-order valence-corrected chi connectivity index (χ3v) is 2.95. The van der Waals surface area contributed by atoms with Crippen LogP contribution >= 0.6 is 0 Å². The van der Waals surface area contributed by atoms with Gasteiger partial charge in [-0.3, -0.25) is 4.79 Å². The van der Waals surface area contributed by atoms with Crippen LogP contribution in [0.1, 0.15) is 23.3 Å². The average molecular weight is 277 g/mol. The van der Waals surface area contributed by atoms with Gasteiger partial charge in [0.2, 0.25) is 5.91 Å². The molecular formula is C15H16FNO3. The molecule has 0 radical (unpaired) electrons. The van der Waals surface area contributed by atoms with E-state index < -0.39 is 5.82 Å². The van der Waals surface area contributed by atoms with E-state index in [0.717, 1.165) is 11.3 Å². The molecule has 0 aliphatic carbocycles. The Hall–Kier alpha value is -2.14. The minimum Gasteiger partial charge on any atom is -0.469 e. The fourth-order valence-corrected chi connectivity index (χ4v) is 1.84. The van der Waals surface area contributed by atoms with Gasteiger partial charge in [0.1, 0.15) is 11.6 Å². The van der Waals surface area contributed by atoms with Crippen molar-refractivity contribution in [2.24, 2.45) is 0 Å². The van der Waals surface area contributed by atoms with Gasteiger partial charge in [-0.05, 0) is 29.8 Å². The minimum atomic E-state index is -0.444. The molecule has 20 heavy (non-hydrogen) atoms. The molecule has 0 atom stereocenters. The lowest BCUT2D eigenvalue weighted by atomic mass is 10.1. The van der Waals surface area contributed by atoms with Crippen LogP contribution in [0.5, 0.6) is 0 Å². The van der Waals surface area contributed by atoms with Crippen LogP contribution in [-0.4, -0.2) is 11.0 Å². The van der Waals surface area contributed by atoms with E-state index in [9.17, 15) is 9.18 Å². The lowest BCUT2D eigenvalue weighted by molar-refractivity contribution is -0.121. The molecule has 5 heteroatoms. The summed E-state index contributed by atoms with van der Waals surface area (Å²) < 4.78 is 18.3. The first kappa shape index (κ1) is 14.3. The van der Waals surface area contributed by atoms with Gasteiger partial charge in [-0.1, -0.05) is 6.07 Å². The number of hydrogen-bond donors (Lipinski definition) is 2. The predicted molar refractivity (Wildman–Crippen MR) is 71.2 cm³/mol. The van der Waals surface area contributed by atoms with Gasteiger partial charge in [0.15, 0.2) is 0 Å². The third kappa shape index (κ3) is 3.93. The molecule has 2 aromatic rings. The highest BCUT2D eigenvalue weighted by Gasteiger charge is 2.06. The summed E-state index contributed by atoms with van der Waals surface area (Å²) in [6.45, 7) is -0.0453. The van der Waals surface area contributed by atoms with Crippen LogP contribution in [0.15, 0.2) is 41.0 Å². The highest BCUT2D eigenvalue weighted by molar-refractivity contribution is 5.76. The second-order valence-electron chi connectivity index (χ2n) is 4.44. The molecule has 0 fully saturated rings. The van der Waals surface area contributed by atoms with Crippen molar-refractivity contribution in [1.82, 2.24) is 5.32 Å². The van der Waals surface area contributed by atoms with Crippen molar-refractivity contribution in [3.05, 3.63) is 59.3 Å². The van der Waals surface area contributed by atoms with Crippen LogP contribution in [-0.2, 0) is 24.4 Å². The van der Waals surface area contributed by atoms with Gasteiger partial charge in [0, 0.05) is 24.9 Å². The highest BCUT2D eigenvalue weighted by Crippen LogP contribution is 2.10. The molecule has 0 aliphatic heterocycles. The first-order valence-electron chi connectivity index (χ1n) is 6.36. The van der Waals surface area contributed by atoms with Crippen molar-refractivity contribution in [3.8, 4) is 0 Å². The van der Waals surface area contributed by atoms with Crippen LogP contribution in [0.4, 0.5) is 4.39 Å². The number of aliphatic hydroxyl groups is 1. The summed E-state index contributed by atoms with van der Waals surface area (Å²) in [4.78, 5) is 11.7. The summed E-state index contributed by atoms with van der Waals surface area (Å²) in [5.41, 5.74) is 0.981. The second-order valence-corrected chi connectivity index (χ2v) is 4.44. The number of amides is 1. The smallest absolute Gasteiger partial charge is 0.220 e. The lowest BCUT2D eigenvalue weighted by Crippen LogP contribution is -2.23. The number of rotatable bonds is 6. The zero-order chi connectivity index (χ0) is 14.4. The molecule has 0 bridgehead atoms. The molecule has 0 unspecified atom stereocenters. The van der Waals surface area contributed by atoms with Crippen molar-refractivity contribution in [2.45, 2.75) is 26.0 Å². The summed E-state index contributed by atoms with van der Waals surface area (Å²) in [6.07, 6.45) is 2.45. The van der Waals surface area contributed by atoms with Gasteiger partial charge in [-0.15, -0.1) is 0 Å². The molecule has 0 spiro atoms. The lowest BCUT2D eigenvalue weighted by Gasteiger charge is -2.07. The number of carbonyl (C=O) groups excluding carboxylic acids is 1. The Morgan fingerprint density at radius 1 is 1.35 bits per heavy atom. The van der Waals surface area contributed by atoms with Crippen LogP contribution in [0.25, 0.3) is 0 Å². The van der Waals surface area contributed by atoms with Crippen molar-refractivity contribution >= 4 is 5.91 Å². The van der Waals surface area contributed by atoms with Gasteiger partial charge >= 0.3 is 0 Å². The first-order chi connectivity index (χ1) is 9.69. The largest absolute Gasteiger partial charge is 0.469 e. The Labute approximate surface area is 116 Å².